The quantitative estimate of drug-likeness (QED) is 0.723. The minimum atomic E-state index is -0.206. The van der Waals surface area contributed by atoms with E-state index in [1.54, 1.807) is 25.1 Å². The molecule has 0 saturated carbocycles. The van der Waals surface area contributed by atoms with Crippen LogP contribution in [0.2, 0.25) is 0 Å². The number of benzene rings is 1. The van der Waals surface area contributed by atoms with Gasteiger partial charge in [-0.25, -0.2) is 0 Å². The van der Waals surface area contributed by atoms with Crippen molar-refractivity contribution < 1.29 is 14.3 Å². The number of rotatable bonds is 6. The molecule has 6 heteroatoms. The average Bonchev–Trinajstić information content (AvgIpc) is 2.40. The lowest BCUT2D eigenvalue weighted by molar-refractivity contribution is -0.116. The van der Waals surface area contributed by atoms with Crippen molar-refractivity contribution in [2.24, 2.45) is 5.73 Å². The Morgan fingerprint density at radius 3 is 2.47 bits per heavy atom. The largest absolute Gasteiger partial charge is 0.497 e. The second-order valence-electron chi connectivity index (χ2n) is 3.90. The minimum Gasteiger partial charge on any atom is -0.497 e. The molecular weight excluding hydrogens is 246 g/mol. The molecule has 0 radical (unpaired) electrons. The Morgan fingerprint density at radius 2 is 1.89 bits per heavy atom. The molecule has 0 aliphatic rings. The Morgan fingerprint density at radius 1 is 1.21 bits per heavy atom. The van der Waals surface area contributed by atoms with Crippen LogP contribution < -0.4 is 21.1 Å². The summed E-state index contributed by atoms with van der Waals surface area (Å²) in [6.07, 6.45) is 0.584. The molecule has 104 valence electrons. The molecule has 1 aromatic carbocycles. The van der Waals surface area contributed by atoms with Crippen LogP contribution in [0.15, 0.2) is 18.2 Å². The number of amides is 2. The molecule has 1 rings (SSSR count). The summed E-state index contributed by atoms with van der Waals surface area (Å²) in [6, 6.07) is 5.05. The Bertz CT molecular complexity index is 460. The molecule has 0 atom stereocenters. The molecule has 0 aliphatic heterocycles. The van der Waals surface area contributed by atoms with Gasteiger partial charge in [-0.2, -0.15) is 0 Å². The number of hydrogen-bond donors (Lipinski definition) is 3. The predicted molar refractivity (Wildman–Crippen MR) is 74.2 cm³/mol. The number of carbonyl (C=O) groups is 2. The number of nitrogens with two attached hydrogens (primary N) is 1. The van der Waals surface area contributed by atoms with Gasteiger partial charge in [0, 0.05) is 25.5 Å². The van der Waals surface area contributed by atoms with E-state index in [1.807, 2.05) is 0 Å². The highest BCUT2D eigenvalue weighted by atomic mass is 16.5. The van der Waals surface area contributed by atoms with Gasteiger partial charge in [-0.1, -0.05) is 6.92 Å². The summed E-state index contributed by atoms with van der Waals surface area (Å²) in [5, 5.41) is 5.42. The Labute approximate surface area is 112 Å². The van der Waals surface area contributed by atoms with Gasteiger partial charge in [0.2, 0.25) is 11.8 Å². The van der Waals surface area contributed by atoms with Crippen LogP contribution in [0, 0.1) is 0 Å². The number of carbonyl (C=O) groups excluding carboxylic acids is 2. The molecular formula is C13H19N3O3. The lowest BCUT2D eigenvalue weighted by Crippen LogP contribution is -2.18. The number of hydrogen-bond acceptors (Lipinski definition) is 4. The molecule has 6 nitrogen and oxygen atoms in total. The summed E-state index contributed by atoms with van der Waals surface area (Å²) in [4.78, 5) is 23.0. The van der Waals surface area contributed by atoms with Crippen molar-refractivity contribution in [1.29, 1.82) is 0 Å². The van der Waals surface area contributed by atoms with Gasteiger partial charge in [-0.15, -0.1) is 0 Å². The van der Waals surface area contributed by atoms with E-state index in [0.717, 1.165) is 0 Å². The second-order valence-corrected chi connectivity index (χ2v) is 3.90. The van der Waals surface area contributed by atoms with Crippen LogP contribution in [0.5, 0.6) is 5.75 Å². The van der Waals surface area contributed by atoms with Gasteiger partial charge in [0.25, 0.3) is 0 Å². The molecule has 0 aromatic heterocycles. The summed E-state index contributed by atoms with van der Waals surface area (Å²) < 4.78 is 5.09. The molecule has 0 heterocycles. The van der Waals surface area contributed by atoms with E-state index in [0.29, 0.717) is 23.5 Å². The Balaban J connectivity index is 2.95. The molecule has 0 spiro atoms. The second kappa shape index (κ2) is 7.38. The molecule has 19 heavy (non-hydrogen) atoms. The summed E-state index contributed by atoms with van der Waals surface area (Å²) in [5.74, 6) is 0.264. The highest BCUT2D eigenvalue weighted by molar-refractivity contribution is 5.99. The maximum atomic E-state index is 11.6. The average molecular weight is 265 g/mol. The third kappa shape index (κ3) is 4.59. The van der Waals surface area contributed by atoms with E-state index >= 15 is 0 Å². The lowest BCUT2D eigenvalue weighted by atomic mass is 10.2. The summed E-state index contributed by atoms with van der Waals surface area (Å²) in [5.41, 5.74) is 6.36. The van der Waals surface area contributed by atoms with Crippen molar-refractivity contribution in [2.75, 3.05) is 24.3 Å². The number of ether oxygens (including phenoxy) is 1. The molecule has 1 aromatic rings. The van der Waals surface area contributed by atoms with Crippen LogP contribution in [0.3, 0.4) is 0 Å². The maximum Gasteiger partial charge on any atom is 0.225 e. The van der Waals surface area contributed by atoms with E-state index in [-0.39, 0.29) is 24.8 Å². The van der Waals surface area contributed by atoms with Crippen molar-refractivity contribution in [3.8, 4) is 5.75 Å². The fourth-order valence-corrected chi connectivity index (χ4v) is 1.45. The first-order chi connectivity index (χ1) is 9.10. The van der Waals surface area contributed by atoms with Gasteiger partial charge in [0.05, 0.1) is 18.5 Å². The van der Waals surface area contributed by atoms with E-state index in [1.165, 1.54) is 7.11 Å². The van der Waals surface area contributed by atoms with E-state index in [4.69, 9.17) is 10.5 Å². The van der Waals surface area contributed by atoms with Gasteiger partial charge in [-0.05, 0) is 12.1 Å². The van der Waals surface area contributed by atoms with Gasteiger partial charge >= 0.3 is 0 Å². The van der Waals surface area contributed by atoms with Crippen molar-refractivity contribution in [3.05, 3.63) is 18.2 Å². The van der Waals surface area contributed by atoms with E-state index in [9.17, 15) is 9.59 Å². The SMILES string of the molecule is CCC(=O)Nc1ccc(OC)cc1NC(=O)CCN. The fourth-order valence-electron chi connectivity index (χ4n) is 1.45. The zero-order valence-corrected chi connectivity index (χ0v) is 11.2. The first kappa shape index (κ1) is 15.0. The molecule has 0 fully saturated rings. The van der Waals surface area contributed by atoms with Crippen LogP contribution in [0.25, 0.3) is 0 Å². The van der Waals surface area contributed by atoms with Gasteiger partial charge in [0.1, 0.15) is 5.75 Å². The van der Waals surface area contributed by atoms with Gasteiger partial charge < -0.3 is 21.1 Å². The van der Waals surface area contributed by atoms with Crippen LogP contribution in [0.4, 0.5) is 11.4 Å². The first-order valence-electron chi connectivity index (χ1n) is 6.08. The highest BCUT2D eigenvalue weighted by Gasteiger charge is 2.10. The van der Waals surface area contributed by atoms with Crippen LogP contribution in [-0.4, -0.2) is 25.5 Å². The number of anilines is 2. The van der Waals surface area contributed by atoms with Crippen molar-refractivity contribution in [3.63, 3.8) is 0 Å². The van der Waals surface area contributed by atoms with Crippen molar-refractivity contribution in [2.45, 2.75) is 19.8 Å². The van der Waals surface area contributed by atoms with Crippen molar-refractivity contribution >= 4 is 23.2 Å². The minimum absolute atomic E-state index is 0.125. The summed E-state index contributed by atoms with van der Waals surface area (Å²) in [6.45, 7) is 2.03. The standard InChI is InChI=1S/C13H19N3O3/c1-3-12(17)15-10-5-4-9(19-2)8-11(10)16-13(18)6-7-14/h4-5,8H,3,6-7,14H2,1-2H3,(H,15,17)(H,16,18). The van der Waals surface area contributed by atoms with Crippen LogP contribution >= 0.6 is 0 Å². The smallest absolute Gasteiger partial charge is 0.225 e. The Kier molecular flexibility index (Phi) is 5.81. The highest BCUT2D eigenvalue weighted by Crippen LogP contribution is 2.27. The molecule has 0 bridgehead atoms. The molecule has 4 N–H and O–H groups in total. The van der Waals surface area contributed by atoms with Crippen LogP contribution in [0.1, 0.15) is 19.8 Å². The lowest BCUT2D eigenvalue weighted by Gasteiger charge is -2.13. The molecule has 0 unspecified atom stereocenters. The van der Waals surface area contributed by atoms with Gasteiger partial charge in [-0.3, -0.25) is 9.59 Å². The topological polar surface area (TPSA) is 93.5 Å². The zero-order chi connectivity index (χ0) is 14.3. The van der Waals surface area contributed by atoms with Crippen LogP contribution in [-0.2, 0) is 9.59 Å². The summed E-state index contributed by atoms with van der Waals surface area (Å²) in [7, 11) is 1.53. The number of methoxy groups -OCH3 is 1. The maximum absolute atomic E-state index is 11.6. The fraction of sp³-hybridized carbons (Fsp3) is 0.385. The molecule has 0 saturated heterocycles. The van der Waals surface area contributed by atoms with E-state index < -0.39 is 0 Å². The van der Waals surface area contributed by atoms with Crippen molar-refractivity contribution in [1.82, 2.24) is 0 Å². The third-order valence-corrected chi connectivity index (χ3v) is 2.47. The third-order valence-electron chi connectivity index (χ3n) is 2.47. The zero-order valence-electron chi connectivity index (χ0n) is 11.2. The number of nitrogens with one attached hydrogen (secondary N) is 2. The van der Waals surface area contributed by atoms with E-state index in [2.05, 4.69) is 10.6 Å². The first-order valence-corrected chi connectivity index (χ1v) is 6.08. The monoisotopic (exact) mass is 265 g/mol. The van der Waals surface area contributed by atoms with Gasteiger partial charge in [0.15, 0.2) is 0 Å². The summed E-state index contributed by atoms with van der Waals surface area (Å²) >= 11 is 0. The normalized spacial score (nSPS) is 9.84. The molecule has 2 amide bonds. The Hall–Kier alpha value is -2.08. The molecule has 0 aliphatic carbocycles. The predicted octanol–water partition coefficient (Wildman–Crippen LogP) is 1.33.